The zero-order valence-corrected chi connectivity index (χ0v) is 11.7. The first kappa shape index (κ1) is 12.5. The maximum atomic E-state index is 4.27. The molecule has 0 radical (unpaired) electrons. The van der Waals surface area contributed by atoms with E-state index >= 15 is 0 Å². The van der Waals surface area contributed by atoms with Crippen LogP contribution in [0.4, 0.5) is 5.82 Å². The molecule has 6 heteroatoms. The van der Waals surface area contributed by atoms with E-state index in [4.69, 9.17) is 0 Å². The van der Waals surface area contributed by atoms with Crippen LogP contribution in [-0.2, 0) is 13.1 Å². The first-order chi connectivity index (χ1) is 9.31. The molecule has 1 fully saturated rings. The number of hydrogen-bond donors (Lipinski definition) is 1. The second-order valence-corrected chi connectivity index (χ2v) is 5.59. The smallest absolute Gasteiger partial charge is 0.151 e. The van der Waals surface area contributed by atoms with E-state index < -0.39 is 0 Å². The summed E-state index contributed by atoms with van der Waals surface area (Å²) < 4.78 is 0. The average molecular weight is 275 g/mol. The predicted molar refractivity (Wildman–Crippen MR) is 76.1 cm³/mol. The van der Waals surface area contributed by atoms with Crippen molar-refractivity contribution >= 4 is 17.2 Å². The molecule has 19 heavy (non-hydrogen) atoms. The average Bonchev–Trinajstić information content (AvgIpc) is 3.13. The standard InChI is InChI=1S/C13H17N5S/c1-18(7-12-8-19-9-15-12)13-5-4-11(16-17-13)6-14-10-2-3-10/h4-5,8-10,14H,2-3,6-7H2,1H3. The maximum absolute atomic E-state index is 4.27. The van der Waals surface area contributed by atoms with Gasteiger partial charge in [-0.25, -0.2) is 4.98 Å². The summed E-state index contributed by atoms with van der Waals surface area (Å²) in [6.45, 7) is 1.57. The molecule has 0 unspecified atom stereocenters. The molecule has 5 nitrogen and oxygen atoms in total. The van der Waals surface area contributed by atoms with Gasteiger partial charge in [0.1, 0.15) is 0 Å². The molecule has 0 spiro atoms. The van der Waals surface area contributed by atoms with Gasteiger partial charge in [-0.05, 0) is 25.0 Å². The van der Waals surface area contributed by atoms with Crippen LogP contribution in [0.25, 0.3) is 0 Å². The third-order valence-corrected chi connectivity index (χ3v) is 3.76. The Morgan fingerprint density at radius 1 is 1.32 bits per heavy atom. The Balaban J connectivity index is 1.57. The molecule has 2 aromatic rings. The van der Waals surface area contributed by atoms with Gasteiger partial charge >= 0.3 is 0 Å². The summed E-state index contributed by atoms with van der Waals surface area (Å²) in [6, 6.07) is 4.76. The molecule has 0 saturated heterocycles. The molecule has 0 aromatic carbocycles. The molecule has 1 saturated carbocycles. The van der Waals surface area contributed by atoms with Crippen LogP contribution >= 0.6 is 11.3 Å². The van der Waals surface area contributed by atoms with E-state index in [9.17, 15) is 0 Å². The van der Waals surface area contributed by atoms with Crippen LogP contribution in [0.15, 0.2) is 23.0 Å². The number of hydrogen-bond acceptors (Lipinski definition) is 6. The molecular weight excluding hydrogens is 258 g/mol. The molecule has 0 amide bonds. The van der Waals surface area contributed by atoms with Crippen molar-refractivity contribution in [1.82, 2.24) is 20.5 Å². The first-order valence-corrected chi connectivity index (χ1v) is 7.40. The fraction of sp³-hybridized carbons (Fsp3) is 0.462. The van der Waals surface area contributed by atoms with E-state index in [1.165, 1.54) is 12.8 Å². The van der Waals surface area contributed by atoms with Gasteiger partial charge < -0.3 is 10.2 Å². The Bertz CT molecular complexity index is 506. The lowest BCUT2D eigenvalue weighted by Crippen LogP contribution is -2.20. The SMILES string of the molecule is CN(Cc1cscn1)c1ccc(CNC2CC2)nn1. The normalized spacial score (nSPS) is 14.6. The molecule has 0 atom stereocenters. The minimum atomic E-state index is 0.703. The minimum absolute atomic E-state index is 0.703. The van der Waals surface area contributed by atoms with Gasteiger partial charge in [-0.3, -0.25) is 0 Å². The topological polar surface area (TPSA) is 53.9 Å². The van der Waals surface area contributed by atoms with Crippen LogP contribution in [0.1, 0.15) is 24.2 Å². The monoisotopic (exact) mass is 275 g/mol. The van der Waals surface area contributed by atoms with E-state index in [2.05, 4.69) is 30.8 Å². The Hall–Kier alpha value is -1.53. The molecule has 100 valence electrons. The number of anilines is 1. The van der Waals surface area contributed by atoms with Gasteiger partial charge in [0.2, 0.25) is 0 Å². The highest BCUT2D eigenvalue weighted by Gasteiger charge is 2.20. The molecule has 0 aliphatic heterocycles. The lowest BCUT2D eigenvalue weighted by Gasteiger charge is -2.16. The highest BCUT2D eigenvalue weighted by molar-refractivity contribution is 7.07. The van der Waals surface area contributed by atoms with E-state index in [-0.39, 0.29) is 0 Å². The van der Waals surface area contributed by atoms with Crippen LogP contribution in [0.3, 0.4) is 0 Å². The van der Waals surface area contributed by atoms with Crippen LogP contribution < -0.4 is 10.2 Å². The number of nitrogens with one attached hydrogen (secondary N) is 1. The number of aromatic nitrogens is 3. The van der Waals surface area contributed by atoms with Gasteiger partial charge in [0.15, 0.2) is 5.82 Å². The van der Waals surface area contributed by atoms with Gasteiger partial charge in [-0.15, -0.1) is 16.4 Å². The summed E-state index contributed by atoms with van der Waals surface area (Å²) >= 11 is 1.61. The highest BCUT2D eigenvalue weighted by atomic mass is 32.1. The summed E-state index contributed by atoms with van der Waals surface area (Å²) in [5, 5.41) is 14.0. The summed E-state index contributed by atoms with van der Waals surface area (Å²) in [6.07, 6.45) is 2.59. The maximum Gasteiger partial charge on any atom is 0.151 e. The predicted octanol–water partition coefficient (Wildman–Crippen LogP) is 1.82. The van der Waals surface area contributed by atoms with E-state index in [0.29, 0.717) is 6.04 Å². The molecule has 2 aromatic heterocycles. The van der Waals surface area contributed by atoms with Gasteiger partial charge in [0, 0.05) is 25.0 Å². The molecule has 2 heterocycles. The number of rotatable bonds is 6. The van der Waals surface area contributed by atoms with Gasteiger partial charge in [0.05, 0.1) is 23.4 Å². The van der Waals surface area contributed by atoms with Crippen molar-refractivity contribution in [2.24, 2.45) is 0 Å². The van der Waals surface area contributed by atoms with Crippen molar-refractivity contribution in [3.63, 3.8) is 0 Å². The van der Waals surface area contributed by atoms with Crippen molar-refractivity contribution in [2.75, 3.05) is 11.9 Å². The Morgan fingerprint density at radius 3 is 2.84 bits per heavy atom. The van der Waals surface area contributed by atoms with Crippen LogP contribution in [-0.4, -0.2) is 28.3 Å². The van der Waals surface area contributed by atoms with Crippen molar-refractivity contribution in [2.45, 2.75) is 32.0 Å². The van der Waals surface area contributed by atoms with Crippen molar-refractivity contribution in [3.8, 4) is 0 Å². The van der Waals surface area contributed by atoms with Crippen molar-refractivity contribution in [1.29, 1.82) is 0 Å². The lowest BCUT2D eigenvalue weighted by molar-refractivity contribution is 0.664. The molecule has 1 aliphatic carbocycles. The molecule has 1 N–H and O–H groups in total. The van der Waals surface area contributed by atoms with Gasteiger partial charge in [-0.1, -0.05) is 0 Å². The fourth-order valence-corrected chi connectivity index (χ4v) is 2.38. The Morgan fingerprint density at radius 2 is 2.21 bits per heavy atom. The molecule has 1 aliphatic rings. The Labute approximate surface area is 116 Å². The third kappa shape index (κ3) is 3.48. The zero-order valence-electron chi connectivity index (χ0n) is 10.9. The van der Waals surface area contributed by atoms with Gasteiger partial charge in [-0.2, -0.15) is 5.10 Å². The van der Waals surface area contributed by atoms with Crippen molar-refractivity contribution in [3.05, 3.63) is 34.4 Å². The third-order valence-electron chi connectivity index (χ3n) is 3.13. The number of nitrogens with zero attached hydrogens (tertiary/aromatic N) is 4. The summed E-state index contributed by atoms with van der Waals surface area (Å²) in [5.41, 5.74) is 3.91. The second-order valence-electron chi connectivity index (χ2n) is 4.87. The van der Waals surface area contributed by atoms with Crippen LogP contribution in [0.5, 0.6) is 0 Å². The second kappa shape index (κ2) is 5.63. The minimum Gasteiger partial charge on any atom is -0.352 e. The number of thiazole rings is 1. The van der Waals surface area contributed by atoms with Gasteiger partial charge in [0.25, 0.3) is 0 Å². The van der Waals surface area contributed by atoms with Crippen LogP contribution in [0, 0.1) is 0 Å². The fourth-order valence-electron chi connectivity index (χ4n) is 1.83. The largest absolute Gasteiger partial charge is 0.352 e. The first-order valence-electron chi connectivity index (χ1n) is 6.45. The molecule has 0 bridgehead atoms. The van der Waals surface area contributed by atoms with Crippen LogP contribution in [0.2, 0.25) is 0 Å². The van der Waals surface area contributed by atoms with E-state index in [0.717, 1.165) is 30.3 Å². The molecule has 3 rings (SSSR count). The van der Waals surface area contributed by atoms with E-state index in [1.54, 1.807) is 11.3 Å². The van der Waals surface area contributed by atoms with Crippen molar-refractivity contribution < 1.29 is 0 Å². The summed E-state index contributed by atoms with van der Waals surface area (Å²) in [4.78, 5) is 6.33. The highest BCUT2D eigenvalue weighted by Crippen LogP contribution is 2.19. The molecular formula is C13H17N5S. The zero-order chi connectivity index (χ0) is 13.1. The summed E-state index contributed by atoms with van der Waals surface area (Å²) in [5.74, 6) is 0.878. The lowest BCUT2D eigenvalue weighted by atomic mass is 10.3. The summed E-state index contributed by atoms with van der Waals surface area (Å²) in [7, 11) is 2.01. The Kier molecular flexibility index (Phi) is 3.70. The quantitative estimate of drug-likeness (QED) is 0.871. The van der Waals surface area contributed by atoms with E-state index in [1.807, 2.05) is 24.7 Å².